The number of phenolic OH excluding ortho intramolecular Hbond substituents is 1. The van der Waals surface area contributed by atoms with E-state index in [1.165, 1.54) is 6.07 Å². The molecule has 0 unspecified atom stereocenters. The van der Waals surface area contributed by atoms with Gasteiger partial charge in [0.1, 0.15) is 16.4 Å². The van der Waals surface area contributed by atoms with Crippen molar-refractivity contribution in [2.24, 2.45) is 4.99 Å². The van der Waals surface area contributed by atoms with Crippen LogP contribution in [0.4, 0.5) is 11.4 Å². The summed E-state index contributed by atoms with van der Waals surface area (Å²) in [5.41, 5.74) is 1.60. The summed E-state index contributed by atoms with van der Waals surface area (Å²) in [7, 11) is -2.75. The molecule has 0 radical (unpaired) electrons. The van der Waals surface area contributed by atoms with Crippen LogP contribution in [0.25, 0.3) is 15.7 Å². The second-order valence-corrected chi connectivity index (χ2v) is 8.57. The van der Waals surface area contributed by atoms with Crippen LogP contribution in [0, 0.1) is 0 Å². The summed E-state index contributed by atoms with van der Waals surface area (Å²) in [4.78, 5) is 18.9. The number of aromatic hydroxyl groups is 1. The number of hydrogen-bond donors (Lipinski definition) is 2. The number of carbonyl (C=O) groups is 1. The fraction of sp³-hybridized carbons (Fsp3) is 0.130. The smallest absolute Gasteiger partial charge is 0.295 e. The molecule has 158 valence electrons. The van der Waals surface area contributed by atoms with Crippen molar-refractivity contribution < 1.29 is 22.9 Å². The van der Waals surface area contributed by atoms with Crippen LogP contribution >= 0.6 is 0 Å². The molecule has 0 fully saturated rings. The quantitative estimate of drug-likeness (QED) is 0.600. The Labute approximate surface area is 179 Å². The second-order valence-electron chi connectivity index (χ2n) is 7.18. The Morgan fingerprint density at radius 3 is 2.26 bits per heavy atom. The summed E-state index contributed by atoms with van der Waals surface area (Å²) in [5, 5.41) is 12.0. The van der Waals surface area contributed by atoms with Crippen molar-refractivity contribution in [3.05, 3.63) is 71.8 Å². The molecule has 0 aliphatic heterocycles. The predicted octanol–water partition coefficient (Wildman–Crippen LogP) is 3.93. The Balaban J connectivity index is 2.01. The van der Waals surface area contributed by atoms with Crippen molar-refractivity contribution in [2.45, 2.75) is 6.92 Å². The van der Waals surface area contributed by atoms with E-state index in [2.05, 4.69) is 4.99 Å². The normalized spacial score (nSPS) is 15.1. The van der Waals surface area contributed by atoms with Gasteiger partial charge in [0.25, 0.3) is 10.1 Å². The van der Waals surface area contributed by atoms with Gasteiger partial charge >= 0.3 is 0 Å². The van der Waals surface area contributed by atoms with Crippen molar-refractivity contribution in [3.63, 3.8) is 0 Å². The molecule has 0 atom stereocenters. The topological polar surface area (TPSA) is 107 Å². The van der Waals surface area contributed by atoms with Gasteiger partial charge in [0.05, 0.1) is 11.4 Å². The number of aliphatic imine (C=N–C) groups is 1. The molecular weight excluding hydrogens is 416 g/mol. The molecule has 0 saturated heterocycles. The first-order valence-electron chi connectivity index (χ1n) is 9.60. The van der Waals surface area contributed by atoms with E-state index >= 15 is 0 Å². The highest BCUT2D eigenvalue weighted by atomic mass is 32.2. The molecule has 3 aromatic rings. The second kappa shape index (κ2) is 7.64. The molecule has 0 amide bonds. The van der Waals surface area contributed by atoms with Gasteiger partial charge in [0.2, 0.25) is 5.78 Å². The van der Waals surface area contributed by atoms with E-state index in [9.17, 15) is 22.9 Å². The van der Waals surface area contributed by atoms with Crippen LogP contribution in [-0.4, -0.2) is 43.2 Å². The van der Waals surface area contributed by atoms with Gasteiger partial charge in [0.15, 0.2) is 0 Å². The van der Waals surface area contributed by atoms with Crippen molar-refractivity contribution >= 4 is 48.7 Å². The number of rotatable bonds is 4. The molecule has 0 heterocycles. The summed E-state index contributed by atoms with van der Waals surface area (Å²) in [5.74, 6) is -0.512. The molecule has 0 saturated carbocycles. The first-order valence-corrected chi connectivity index (χ1v) is 11.0. The first-order chi connectivity index (χ1) is 14.7. The fourth-order valence-electron chi connectivity index (χ4n) is 3.63. The first kappa shape index (κ1) is 20.8. The molecule has 0 spiro atoms. The Bertz CT molecular complexity index is 1390. The van der Waals surface area contributed by atoms with E-state index in [4.69, 9.17) is 0 Å². The van der Waals surface area contributed by atoms with Crippen molar-refractivity contribution in [3.8, 4) is 5.75 Å². The summed E-state index contributed by atoms with van der Waals surface area (Å²) in [6.07, 6.45) is 0.887. The van der Waals surface area contributed by atoms with E-state index in [0.29, 0.717) is 34.3 Å². The highest BCUT2D eigenvalue weighted by Gasteiger charge is 2.30. The van der Waals surface area contributed by atoms with Crippen LogP contribution in [0.15, 0.2) is 65.7 Å². The summed E-state index contributed by atoms with van der Waals surface area (Å²) >= 11 is 0. The number of benzene rings is 3. The summed E-state index contributed by atoms with van der Waals surface area (Å²) in [6, 6.07) is 15.3. The van der Waals surface area contributed by atoms with Gasteiger partial charge in [-0.1, -0.05) is 48.5 Å². The monoisotopic (exact) mass is 436 g/mol. The number of hydrogen-bond acceptors (Lipinski definition) is 6. The van der Waals surface area contributed by atoms with Crippen molar-refractivity contribution in [2.75, 3.05) is 18.5 Å². The minimum absolute atomic E-state index is 0.0592. The lowest BCUT2D eigenvalue weighted by molar-refractivity contribution is -0.108. The van der Waals surface area contributed by atoms with Gasteiger partial charge < -0.3 is 10.0 Å². The van der Waals surface area contributed by atoms with E-state index < -0.39 is 20.8 Å². The van der Waals surface area contributed by atoms with Crippen molar-refractivity contribution in [1.82, 2.24) is 0 Å². The van der Waals surface area contributed by atoms with E-state index in [0.717, 1.165) is 6.08 Å². The third-order valence-corrected chi connectivity index (χ3v) is 6.21. The lowest BCUT2D eigenvalue weighted by Crippen LogP contribution is -2.22. The zero-order chi connectivity index (χ0) is 22.3. The lowest BCUT2D eigenvalue weighted by atomic mass is 9.94. The van der Waals surface area contributed by atoms with Gasteiger partial charge in [0, 0.05) is 41.6 Å². The molecule has 1 aliphatic carbocycles. The molecule has 0 aromatic heterocycles. The maximum absolute atomic E-state index is 12.9. The lowest BCUT2D eigenvalue weighted by Gasteiger charge is -2.21. The number of nitrogens with zero attached hydrogens (tertiary/aromatic N) is 2. The molecule has 8 heteroatoms. The van der Waals surface area contributed by atoms with Crippen LogP contribution in [0.5, 0.6) is 5.75 Å². The molecule has 31 heavy (non-hydrogen) atoms. The van der Waals surface area contributed by atoms with Gasteiger partial charge in [-0.05, 0) is 13.0 Å². The molecule has 1 aliphatic rings. The number of anilines is 1. The highest BCUT2D eigenvalue weighted by molar-refractivity contribution is 7.95. The van der Waals surface area contributed by atoms with Gasteiger partial charge in [-0.25, -0.2) is 4.99 Å². The molecular formula is C23H20N2O5S. The average Bonchev–Trinajstić information content (AvgIpc) is 2.75. The van der Waals surface area contributed by atoms with Gasteiger partial charge in [-0.15, -0.1) is 0 Å². The SMILES string of the molecule is CCN(C)c1cc(N=C2C(=O)C=C(S(=O)(=O)O)c3ccccc32)c2ccccc2c1O. The molecule has 4 rings (SSSR count). The minimum atomic E-state index is -4.58. The number of allylic oxidation sites excluding steroid dienone is 1. The van der Waals surface area contributed by atoms with Gasteiger partial charge in [-0.2, -0.15) is 8.42 Å². The Morgan fingerprint density at radius 1 is 1.00 bits per heavy atom. The van der Waals surface area contributed by atoms with Crippen LogP contribution in [0.2, 0.25) is 0 Å². The van der Waals surface area contributed by atoms with E-state index in [1.807, 2.05) is 24.9 Å². The van der Waals surface area contributed by atoms with Crippen LogP contribution in [0.3, 0.4) is 0 Å². The number of carbonyl (C=O) groups excluding carboxylic acids is 1. The van der Waals surface area contributed by atoms with Crippen LogP contribution < -0.4 is 4.90 Å². The van der Waals surface area contributed by atoms with Gasteiger partial charge in [-0.3, -0.25) is 9.35 Å². The maximum atomic E-state index is 12.9. The maximum Gasteiger partial charge on any atom is 0.295 e. The minimum Gasteiger partial charge on any atom is -0.505 e. The highest BCUT2D eigenvalue weighted by Crippen LogP contribution is 2.41. The zero-order valence-electron chi connectivity index (χ0n) is 16.9. The van der Waals surface area contributed by atoms with E-state index in [1.54, 1.807) is 42.5 Å². The summed E-state index contributed by atoms with van der Waals surface area (Å²) in [6.45, 7) is 2.59. The zero-order valence-corrected chi connectivity index (χ0v) is 17.7. The number of ketones is 1. The number of fused-ring (bicyclic) bond motifs is 2. The number of phenols is 1. The molecule has 0 bridgehead atoms. The molecule has 7 nitrogen and oxygen atoms in total. The Hall–Kier alpha value is -3.49. The fourth-order valence-corrected chi connectivity index (χ4v) is 4.34. The predicted molar refractivity (Wildman–Crippen MR) is 122 cm³/mol. The largest absolute Gasteiger partial charge is 0.505 e. The molecule has 2 N–H and O–H groups in total. The van der Waals surface area contributed by atoms with Crippen molar-refractivity contribution in [1.29, 1.82) is 0 Å². The average molecular weight is 436 g/mol. The Kier molecular flexibility index (Phi) is 5.12. The van der Waals surface area contributed by atoms with Crippen LogP contribution in [-0.2, 0) is 14.9 Å². The Morgan fingerprint density at radius 2 is 1.61 bits per heavy atom. The third kappa shape index (κ3) is 3.60. The van der Waals surface area contributed by atoms with Crippen LogP contribution in [0.1, 0.15) is 18.1 Å². The standard InChI is InChI=1S/C23H20N2O5S/c1-3-25(2)19-12-18(14-8-4-7-11-17(14)23(19)27)24-22-16-10-6-5-9-15(16)21(13-20(22)26)31(28,29)30/h4-13,27H,3H2,1-2H3,(H,28,29,30). The van der Waals surface area contributed by atoms with E-state index in [-0.39, 0.29) is 17.0 Å². The summed E-state index contributed by atoms with van der Waals surface area (Å²) < 4.78 is 33.1. The third-order valence-electron chi connectivity index (χ3n) is 5.31. The molecule has 3 aromatic carbocycles.